The molecule has 5 rings (SSSR count). The fraction of sp³-hybridized carbons (Fsp3) is 0.0417. The number of hydrogen-bond acceptors (Lipinski definition) is 7. The molecule has 0 bridgehead atoms. The standard InChI is InChI=1S/C24H17ClN4O4S/c25-22-10-5-18(13-27-22)17-3-6-19(7-4-17)29-34(30,31)14-16-1-8-20(9-2-16)33-21-11-12-26-24-23(21)28-15-32-24/h1-13,15,29H,14H2. The van der Waals surface area contributed by atoms with Crippen LogP contribution >= 0.6 is 11.6 Å². The van der Waals surface area contributed by atoms with Gasteiger partial charge in [-0.3, -0.25) is 4.72 Å². The van der Waals surface area contributed by atoms with E-state index in [9.17, 15) is 8.42 Å². The summed E-state index contributed by atoms with van der Waals surface area (Å²) in [5.74, 6) is 0.856. The molecule has 0 saturated heterocycles. The smallest absolute Gasteiger partial charge is 0.250 e. The number of ether oxygens (including phenoxy) is 1. The van der Waals surface area contributed by atoms with Crippen molar-refractivity contribution in [3.05, 3.63) is 96.2 Å². The van der Waals surface area contributed by atoms with Crippen LogP contribution < -0.4 is 9.46 Å². The molecule has 0 fully saturated rings. The molecule has 0 saturated carbocycles. The van der Waals surface area contributed by atoms with E-state index >= 15 is 0 Å². The van der Waals surface area contributed by atoms with Crippen LogP contribution in [0.15, 0.2) is 89.9 Å². The first-order chi connectivity index (χ1) is 16.4. The Morgan fingerprint density at radius 3 is 2.38 bits per heavy atom. The Labute approximate surface area is 200 Å². The van der Waals surface area contributed by atoms with E-state index in [4.69, 9.17) is 20.8 Å². The van der Waals surface area contributed by atoms with Gasteiger partial charge in [-0.15, -0.1) is 0 Å². The van der Waals surface area contributed by atoms with E-state index in [0.717, 1.165) is 11.1 Å². The van der Waals surface area contributed by atoms with Crippen LogP contribution in [0.3, 0.4) is 0 Å². The third kappa shape index (κ3) is 5.00. The molecule has 1 N–H and O–H groups in total. The molecule has 0 radical (unpaired) electrons. The molecule has 34 heavy (non-hydrogen) atoms. The van der Waals surface area contributed by atoms with E-state index in [0.29, 0.717) is 39.1 Å². The SMILES string of the molecule is O=S(=O)(Cc1ccc(Oc2ccnc3ocnc23)cc1)Nc1ccc(-c2ccc(Cl)nc2)cc1. The lowest BCUT2D eigenvalue weighted by atomic mass is 10.1. The molecule has 0 atom stereocenters. The number of aromatic nitrogens is 3. The van der Waals surface area contributed by atoms with Crippen LogP contribution in [0, 0.1) is 0 Å². The maximum atomic E-state index is 12.7. The van der Waals surface area contributed by atoms with E-state index < -0.39 is 10.0 Å². The largest absolute Gasteiger partial charge is 0.455 e. The number of sulfonamides is 1. The Hall–Kier alpha value is -3.95. The Balaban J connectivity index is 1.24. The molecule has 170 valence electrons. The van der Waals surface area contributed by atoms with Crippen LogP contribution in [-0.2, 0) is 15.8 Å². The molecule has 0 amide bonds. The Bertz CT molecular complexity index is 1540. The molecule has 3 heterocycles. The molecule has 3 aromatic heterocycles. The highest BCUT2D eigenvalue weighted by molar-refractivity contribution is 7.91. The first-order valence-corrected chi connectivity index (χ1v) is 12.2. The molecule has 2 aromatic carbocycles. The summed E-state index contributed by atoms with van der Waals surface area (Å²) in [4.78, 5) is 12.2. The van der Waals surface area contributed by atoms with Gasteiger partial charge in [0.15, 0.2) is 17.7 Å². The molecule has 5 aromatic rings. The highest BCUT2D eigenvalue weighted by Gasteiger charge is 2.13. The molecule has 0 aliphatic heterocycles. The Morgan fingerprint density at radius 2 is 1.65 bits per heavy atom. The second kappa shape index (κ2) is 9.12. The van der Waals surface area contributed by atoms with Gasteiger partial charge in [0.05, 0.1) is 5.75 Å². The van der Waals surface area contributed by atoms with Crippen LogP contribution in [0.25, 0.3) is 22.4 Å². The first kappa shape index (κ1) is 21.9. The summed E-state index contributed by atoms with van der Waals surface area (Å²) < 4.78 is 38.9. The van der Waals surface area contributed by atoms with Crippen molar-refractivity contribution in [2.45, 2.75) is 5.75 Å². The van der Waals surface area contributed by atoms with Crippen molar-refractivity contribution in [3.8, 4) is 22.6 Å². The van der Waals surface area contributed by atoms with Crippen molar-refractivity contribution < 1.29 is 17.6 Å². The van der Waals surface area contributed by atoms with Crippen LogP contribution in [0.2, 0.25) is 5.15 Å². The van der Waals surface area contributed by atoms with Crippen LogP contribution in [-0.4, -0.2) is 23.4 Å². The lowest BCUT2D eigenvalue weighted by Gasteiger charge is -2.10. The van der Waals surface area contributed by atoms with Crippen molar-refractivity contribution in [1.82, 2.24) is 15.0 Å². The lowest BCUT2D eigenvalue weighted by molar-refractivity contribution is 0.486. The monoisotopic (exact) mass is 492 g/mol. The van der Waals surface area contributed by atoms with Crippen molar-refractivity contribution >= 4 is 38.5 Å². The second-order valence-corrected chi connectivity index (χ2v) is 9.48. The van der Waals surface area contributed by atoms with Gasteiger partial charge in [-0.2, -0.15) is 0 Å². The number of pyridine rings is 2. The molecular weight excluding hydrogens is 476 g/mol. The van der Waals surface area contributed by atoms with Gasteiger partial charge in [0, 0.05) is 29.7 Å². The third-order valence-electron chi connectivity index (χ3n) is 4.93. The minimum Gasteiger partial charge on any atom is -0.455 e. The van der Waals surface area contributed by atoms with E-state index in [1.165, 1.54) is 6.39 Å². The van der Waals surface area contributed by atoms with Crippen LogP contribution in [0.1, 0.15) is 5.56 Å². The van der Waals surface area contributed by atoms with Crippen LogP contribution in [0.4, 0.5) is 5.69 Å². The van der Waals surface area contributed by atoms with Crippen molar-refractivity contribution in [3.63, 3.8) is 0 Å². The fourth-order valence-corrected chi connectivity index (χ4v) is 4.64. The summed E-state index contributed by atoms with van der Waals surface area (Å²) in [6.45, 7) is 0. The molecule has 0 aliphatic rings. The normalized spacial score (nSPS) is 11.4. The maximum absolute atomic E-state index is 12.7. The molecule has 8 nitrogen and oxygen atoms in total. The zero-order valence-corrected chi connectivity index (χ0v) is 19.1. The number of rotatable bonds is 7. The summed E-state index contributed by atoms with van der Waals surface area (Å²) in [5, 5.41) is 0.414. The van der Waals surface area contributed by atoms with E-state index in [2.05, 4.69) is 19.7 Å². The predicted molar refractivity (Wildman–Crippen MR) is 129 cm³/mol. The number of anilines is 1. The maximum Gasteiger partial charge on any atom is 0.250 e. The summed E-state index contributed by atoms with van der Waals surface area (Å²) in [7, 11) is -3.62. The predicted octanol–water partition coefficient (Wildman–Crippen LogP) is 5.67. The summed E-state index contributed by atoms with van der Waals surface area (Å²) in [5.41, 5.74) is 3.77. The van der Waals surface area contributed by atoms with Crippen molar-refractivity contribution in [1.29, 1.82) is 0 Å². The molecule has 0 aliphatic carbocycles. The zero-order valence-electron chi connectivity index (χ0n) is 17.6. The highest BCUT2D eigenvalue weighted by Crippen LogP contribution is 2.28. The molecular formula is C24H17ClN4O4S. The minimum atomic E-state index is -3.62. The number of fused-ring (bicyclic) bond motifs is 1. The zero-order chi connectivity index (χ0) is 23.5. The van der Waals surface area contributed by atoms with Gasteiger partial charge in [-0.25, -0.2) is 23.4 Å². The number of benzene rings is 2. The molecule has 10 heteroatoms. The number of hydrogen-bond donors (Lipinski definition) is 1. The van der Waals surface area contributed by atoms with Crippen molar-refractivity contribution in [2.75, 3.05) is 4.72 Å². The number of halogens is 1. The van der Waals surface area contributed by atoms with Gasteiger partial charge in [0.2, 0.25) is 10.0 Å². The van der Waals surface area contributed by atoms with Gasteiger partial charge < -0.3 is 9.15 Å². The topological polar surface area (TPSA) is 107 Å². The van der Waals surface area contributed by atoms with E-state index in [-0.39, 0.29) is 5.75 Å². The van der Waals surface area contributed by atoms with Gasteiger partial charge >= 0.3 is 0 Å². The van der Waals surface area contributed by atoms with Crippen LogP contribution in [0.5, 0.6) is 11.5 Å². The van der Waals surface area contributed by atoms with Gasteiger partial charge in [-0.05, 0) is 47.5 Å². The fourth-order valence-electron chi connectivity index (χ4n) is 3.33. The highest BCUT2D eigenvalue weighted by atomic mass is 35.5. The number of nitrogens with one attached hydrogen (secondary N) is 1. The summed E-state index contributed by atoms with van der Waals surface area (Å²) in [6.07, 6.45) is 4.53. The Kier molecular flexibility index (Phi) is 5.87. The second-order valence-electron chi connectivity index (χ2n) is 7.37. The summed E-state index contributed by atoms with van der Waals surface area (Å²) in [6, 6.07) is 19.1. The average molecular weight is 493 g/mol. The quantitative estimate of drug-likeness (QED) is 0.291. The van der Waals surface area contributed by atoms with Gasteiger partial charge in [0.25, 0.3) is 5.71 Å². The number of nitrogens with zero attached hydrogens (tertiary/aromatic N) is 3. The number of oxazole rings is 1. The molecule has 0 unspecified atom stereocenters. The average Bonchev–Trinajstić information content (AvgIpc) is 3.31. The van der Waals surface area contributed by atoms with Gasteiger partial charge in [-0.1, -0.05) is 35.9 Å². The Morgan fingerprint density at radius 1 is 0.882 bits per heavy atom. The van der Waals surface area contributed by atoms with E-state index in [1.54, 1.807) is 60.9 Å². The summed E-state index contributed by atoms with van der Waals surface area (Å²) >= 11 is 5.82. The minimum absolute atomic E-state index is 0.182. The third-order valence-corrected chi connectivity index (χ3v) is 6.41. The molecule has 0 spiro atoms. The van der Waals surface area contributed by atoms with E-state index in [1.807, 2.05) is 18.2 Å². The lowest BCUT2D eigenvalue weighted by Crippen LogP contribution is -2.15. The van der Waals surface area contributed by atoms with Crippen molar-refractivity contribution in [2.24, 2.45) is 0 Å². The van der Waals surface area contributed by atoms with Gasteiger partial charge in [0.1, 0.15) is 10.9 Å². The first-order valence-electron chi connectivity index (χ1n) is 10.1.